The van der Waals surface area contributed by atoms with Gasteiger partial charge in [0.1, 0.15) is 5.82 Å². The molecule has 0 bridgehead atoms. The zero-order valence-electron chi connectivity index (χ0n) is 11.9. The fourth-order valence-electron chi connectivity index (χ4n) is 2.12. The van der Waals surface area contributed by atoms with Crippen LogP contribution in [0.4, 0.5) is 5.82 Å². The SMILES string of the molecule is CNc1nc(-c2cnn(C(C)C)c2)nc(C2CC2)c1I. The Balaban J connectivity index is 2.05. The van der Waals surface area contributed by atoms with E-state index in [1.807, 2.05) is 24.1 Å². The van der Waals surface area contributed by atoms with Crippen molar-refractivity contribution in [1.29, 1.82) is 0 Å². The number of hydrogen-bond donors (Lipinski definition) is 1. The summed E-state index contributed by atoms with van der Waals surface area (Å²) in [6.07, 6.45) is 6.34. The molecule has 1 aliphatic rings. The topological polar surface area (TPSA) is 55.6 Å². The van der Waals surface area contributed by atoms with E-state index >= 15 is 0 Å². The smallest absolute Gasteiger partial charge is 0.165 e. The van der Waals surface area contributed by atoms with Crippen molar-refractivity contribution in [2.45, 2.75) is 38.6 Å². The Morgan fingerprint density at radius 3 is 2.65 bits per heavy atom. The van der Waals surface area contributed by atoms with E-state index in [0.717, 1.165) is 20.8 Å². The lowest BCUT2D eigenvalue weighted by atomic mass is 10.2. The molecule has 0 atom stereocenters. The minimum atomic E-state index is 0.347. The Morgan fingerprint density at radius 2 is 2.10 bits per heavy atom. The van der Waals surface area contributed by atoms with Crippen LogP contribution in [0.2, 0.25) is 0 Å². The van der Waals surface area contributed by atoms with Crippen LogP contribution in [0.5, 0.6) is 0 Å². The Hall–Kier alpha value is -1.18. The lowest BCUT2D eigenvalue weighted by Gasteiger charge is -2.10. The maximum absolute atomic E-state index is 4.77. The van der Waals surface area contributed by atoms with Gasteiger partial charge in [-0.1, -0.05) is 0 Å². The fourth-order valence-corrected chi connectivity index (χ4v) is 3.07. The van der Waals surface area contributed by atoms with Crippen LogP contribution in [0.15, 0.2) is 12.4 Å². The molecule has 2 heterocycles. The number of rotatable bonds is 4. The summed E-state index contributed by atoms with van der Waals surface area (Å²) in [6.45, 7) is 4.22. The third-order valence-corrected chi connectivity index (χ3v) is 4.53. The van der Waals surface area contributed by atoms with Gasteiger partial charge in [-0.05, 0) is 49.3 Å². The molecular weight excluding hydrogens is 365 g/mol. The molecule has 0 unspecified atom stereocenters. The van der Waals surface area contributed by atoms with E-state index in [4.69, 9.17) is 4.98 Å². The summed E-state index contributed by atoms with van der Waals surface area (Å²) in [5, 5.41) is 7.55. The van der Waals surface area contributed by atoms with Crippen LogP contribution in [0.25, 0.3) is 11.4 Å². The zero-order chi connectivity index (χ0) is 14.3. The second-order valence-corrected chi connectivity index (χ2v) is 6.50. The first-order chi connectivity index (χ1) is 9.60. The van der Waals surface area contributed by atoms with Gasteiger partial charge in [-0.25, -0.2) is 9.97 Å². The van der Waals surface area contributed by atoms with Gasteiger partial charge in [0.2, 0.25) is 0 Å². The van der Waals surface area contributed by atoms with Gasteiger partial charge in [-0.15, -0.1) is 0 Å². The Morgan fingerprint density at radius 1 is 1.35 bits per heavy atom. The molecule has 2 aromatic heterocycles. The fraction of sp³-hybridized carbons (Fsp3) is 0.500. The van der Waals surface area contributed by atoms with E-state index in [1.165, 1.54) is 18.5 Å². The molecule has 2 aromatic rings. The average molecular weight is 383 g/mol. The predicted molar refractivity (Wildman–Crippen MR) is 87.9 cm³/mol. The quantitative estimate of drug-likeness (QED) is 0.822. The van der Waals surface area contributed by atoms with Crippen LogP contribution in [0, 0.1) is 3.57 Å². The number of halogens is 1. The van der Waals surface area contributed by atoms with Gasteiger partial charge in [-0.3, -0.25) is 4.68 Å². The van der Waals surface area contributed by atoms with E-state index in [9.17, 15) is 0 Å². The Labute approximate surface area is 132 Å². The molecule has 0 spiro atoms. The number of nitrogens with one attached hydrogen (secondary N) is 1. The van der Waals surface area contributed by atoms with Gasteiger partial charge in [0.05, 0.1) is 21.0 Å². The van der Waals surface area contributed by atoms with Crippen molar-refractivity contribution >= 4 is 28.4 Å². The summed E-state index contributed by atoms with van der Waals surface area (Å²) in [5.41, 5.74) is 2.16. The molecule has 3 rings (SSSR count). The highest BCUT2D eigenvalue weighted by Crippen LogP contribution is 2.42. The highest BCUT2D eigenvalue weighted by Gasteiger charge is 2.29. The van der Waals surface area contributed by atoms with Crippen molar-refractivity contribution < 1.29 is 0 Å². The normalized spacial score (nSPS) is 14.8. The number of nitrogens with zero attached hydrogens (tertiary/aromatic N) is 4. The van der Waals surface area contributed by atoms with Crippen molar-refractivity contribution in [3.05, 3.63) is 21.7 Å². The summed E-state index contributed by atoms with van der Waals surface area (Å²) in [7, 11) is 1.91. The summed E-state index contributed by atoms with van der Waals surface area (Å²) in [4.78, 5) is 9.40. The average Bonchev–Trinajstić information content (AvgIpc) is 3.14. The van der Waals surface area contributed by atoms with E-state index in [0.29, 0.717) is 12.0 Å². The standard InChI is InChI=1S/C14H18IN5/c1-8(2)20-7-10(6-17-20)13-18-12(9-4-5-9)11(15)14(16-3)19-13/h6-9H,4-5H2,1-3H3,(H,16,18,19). The molecule has 0 aromatic carbocycles. The zero-order valence-corrected chi connectivity index (χ0v) is 14.0. The third-order valence-electron chi connectivity index (χ3n) is 3.47. The maximum Gasteiger partial charge on any atom is 0.165 e. The summed E-state index contributed by atoms with van der Waals surface area (Å²) in [5.74, 6) is 2.29. The van der Waals surface area contributed by atoms with Gasteiger partial charge >= 0.3 is 0 Å². The molecule has 1 N–H and O–H groups in total. The highest BCUT2D eigenvalue weighted by molar-refractivity contribution is 14.1. The highest BCUT2D eigenvalue weighted by atomic mass is 127. The molecule has 1 aliphatic carbocycles. The largest absolute Gasteiger partial charge is 0.372 e. The molecule has 5 nitrogen and oxygen atoms in total. The number of aromatic nitrogens is 4. The van der Waals surface area contributed by atoms with E-state index in [-0.39, 0.29) is 0 Å². The van der Waals surface area contributed by atoms with Crippen molar-refractivity contribution in [1.82, 2.24) is 19.7 Å². The third kappa shape index (κ3) is 2.53. The van der Waals surface area contributed by atoms with E-state index in [2.05, 4.69) is 51.8 Å². The van der Waals surface area contributed by atoms with Gasteiger partial charge in [-0.2, -0.15) is 5.10 Å². The van der Waals surface area contributed by atoms with Crippen LogP contribution < -0.4 is 5.32 Å². The lowest BCUT2D eigenvalue weighted by molar-refractivity contribution is 0.532. The molecule has 0 aliphatic heterocycles. The number of anilines is 1. The van der Waals surface area contributed by atoms with Gasteiger partial charge in [0.25, 0.3) is 0 Å². The molecule has 0 radical (unpaired) electrons. The first-order valence-electron chi connectivity index (χ1n) is 6.90. The van der Waals surface area contributed by atoms with Crippen molar-refractivity contribution in [3.8, 4) is 11.4 Å². The van der Waals surface area contributed by atoms with Gasteiger partial charge in [0, 0.05) is 25.2 Å². The Kier molecular flexibility index (Phi) is 3.66. The second kappa shape index (κ2) is 5.31. The van der Waals surface area contributed by atoms with Crippen molar-refractivity contribution in [2.75, 3.05) is 12.4 Å². The van der Waals surface area contributed by atoms with Crippen LogP contribution in [0.3, 0.4) is 0 Å². The molecule has 1 fully saturated rings. The molecule has 1 saturated carbocycles. The van der Waals surface area contributed by atoms with Crippen molar-refractivity contribution in [2.24, 2.45) is 0 Å². The number of hydrogen-bond acceptors (Lipinski definition) is 4. The van der Waals surface area contributed by atoms with Crippen molar-refractivity contribution in [3.63, 3.8) is 0 Å². The maximum atomic E-state index is 4.77. The molecule has 20 heavy (non-hydrogen) atoms. The summed E-state index contributed by atoms with van der Waals surface area (Å²) < 4.78 is 3.08. The Bertz CT molecular complexity index is 630. The summed E-state index contributed by atoms with van der Waals surface area (Å²) >= 11 is 2.34. The molecule has 0 saturated heterocycles. The predicted octanol–water partition coefficient (Wildman–Crippen LogP) is 3.44. The molecular formula is C14H18IN5. The second-order valence-electron chi connectivity index (χ2n) is 5.42. The molecule has 106 valence electrons. The van der Waals surface area contributed by atoms with E-state index < -0.39 is 0 Å². The van der Waals surface area contributed by atoms with Crippen LogP contribution >= 0.6 is 22.6 Å². The van der Waals surface area contributed by atoms with Crippen LogP contribution in [0.1, 0.15) is 44.3 Å². The molecule has 0 amide bonds. The first-order valence-corrected chi connectivity index (χ1v) is 7.97. The first kappa shape index (κ1) is 13.8. The minimum absolute atomic E-state index is 0.347. The van der Waals surface area contributed by atoms with Gasteiger partial charge in [0.15, 0.2) is 5.82 Å². The minimum Gasteiger partial charge on any atom is -0.372 e. The van der Waals surface area contributed by atoms with E-state index in [1.54, 1.807) is 0 Å². The monoisotopic (exact) mass is 383 g/mol. The lowest BCUT2D eigenvalue weighted by Crippen LogP contribution is -2.04. The molecule has 6 heteroatoms. The van der Waals surface area contributed by atoms with Crippen LogP contribution in [-0.4, -0.2) is 26.8 Å². The van der Waals surface area contributed by atoms with Crippen LogP contribution in [-0.2, 0) is 0 Å². The van der Waals surface area contributed by atoms with Gasteiger partial charge < -0.3 is 5.32 Å². The summed E-state index contributed by atoms with van der Waals surface area (Å²) in [6, 6.07) is 0.347.